The maximum atomic E-state index is 11.4. The van der Waals surface area contributed by atoms with Gasteiger partial charge in [-0.15, -0.1) is 0 Å². The Kier molecular flexibility index (Phi) is 4.20. The molecule has 1 aliphatic heterocycles. The topological polar surface area (TPSA) is 49.8 Å². The van der Waals surface area contributed by atoms with Crippen LogP contribution >= 0.6 is 0 Å². The van der Waals surface area contributed by atoms with E-state index in [9.17, 15) is 9.90 Å². The highest BCUT2D eigenvalue weighted by molar-refractivity contribution is 5.78. The van der Waals surface area contributed by atoms with Crippen LogP contribution in [0, 0.1) is 0 Å². The summed E-state index contributed by atoms with van der Waals surface area (Å²) in [5.74, 6) is -0.711. The van der Waals surface area contributed by atoms with Crippen LogP contribution in [0.15, 0.2) is 0 Å². The van der Waals surface area contributed by atoms with Crippen LogP contribution in [0.5, 0.6) is 0 Å². The van der Waals surface area contributed by atoms with Gasteiger partial charge >= 0.3 is 5.97 Å². The third-order valence-corrected chi connectivity index (χ3v) is 4.03. The summed E-state index contributed by atoms with van der Waals surface area (Å²) < 4.78 is 5.42. The van der Waals surface area contributed by atoms with E-state index in [-0.39, 0.29) is 11.6 Å². The molecule has 0 aromatic heterocycles. The van der Waals surface area contributed by atoms with Gasteiger partial charge in [-0.2, -0.15) is 0 Å². The number of nitrogens with zero attached hydrogens (tertiary/aromatic N) is 1. The van der Waals surface area contributed by atoms with Crippen molar-refractivity contribution < 1.29 is 14.6 Å². The minimum atomic E-state index is -0.711. The maximum absolute atomic E-state index is 11.4. The quantitative estimate of drug-likeness (QED) is 0.803. The minimum absolute atomic E-state index is 0.207. The number of methoxy groups -OCH3 is 1. The van der Waals surface area contributed by atoms with Crippen LogP contribution in [0.4, 0.5) is 0 Å². The molecule has 4 heteroatoms. The van der Waals surface area contributed by atoms with Crippen LogP contribution in [0.2, 0.25) is 0 Å². The molecule has 1 saturated heterocycles. The zero-order valence-corrected chi connectivity index (χ0v) is 11.6. The van der Waals surface area contributed by atoms with Gasteiger partial charge in [0.2, 0.25) is 0 Å². The monoisotopic (exact) mass is 243 g/mol. The van der Waals surface area contributed by atoms with E-state index in [0.29, 0.717) is 0 Å². The van der Waals surface area contributed by atoms with Gasteiger partial charge in [0.05, 0.1) is 5.60 Å². The standard InChI is InChI=1S/C13H25NO3/c1-10(9-12(2,3)17-5)14-8-6-7-13(14,4)11(15)16/h10H,6-9H2,1-5H3,(H,15,16). The molecule has 0 amide bonds. The average molecular weight is 243 g/mol. The first-order chi connectivity index (χ1) is 7.73. The van der Waals surface area contributed by atoms with Crippen molar-refractivity contribution in [2.24, 2.45) is 0 Å². The summed E-state index contributed by atoms with van der Waals surface area (Å²) in [7, 11) is 1.70. The number of carboxylic acid groups (broad SMARTS) is 1. The number of likely N-dealkylation sites (tertiary alicyclic amines) is 1. The molecule has 0 aromatic rings. The van der Waals surface area contributed by atoms with Gasteiger partial charge in [-0.25, -0.2) is 0 Å². The van der Waals surface area contributed by atoms with Crippen molar-refractivity contribution in [3.8, 4) is 0 Å². The fourth-order valence-corrected chi connectivity index (χ4v) is 2.83. The third kappa shape index (κ3) is 2.99. The second-order valence-corrected chi connectivity index (χ2v) is 5.89. The van der Waals surface area contributed by atoms with Crippen LogP contribution in [-0.2, 0) is 9.53 Å². The molecule has 0 bridgehead atoms. The molecular formula is C13H25NO3. The molecule has 0 saturated carbocycles. The zero-order valence-electron chi connectivity index (χ0n) is 11.6. The van der Waals surface area contributed by atoms with Crippen molar-refractivity contribution in [2.75, 3.05) is 13.7 Å². The molecule has 4 nitrogen and oxygen atoms in total. The van der Waals surface area contributed by atoms with E-state index < -0.39 is 11.5 Å². The lowest BCUT2D eigenvalue weighted by Gasteiger charge is -2.39. The van der Waals surface area contributed by atoms with Crippen LogP contribution in [0.1, 0.15) is 47.0 Å². The van der Waals surface area contributed by atoms with Crippen molar-refractivity contribution in [1.29, 1.82) is 0 Å². The fraction of sp³-hybridized carbons (Fsp3) is 0.923. The SMILES string of the molecule is COC(C)(C)CC(C)N1CCCC1(C)C(=O)O. The minimum Gasteiger partial charge on any atom is -0.480 e. The molecule has 0 spiro atoms. The highest BCUT2D eigenvalue weighted by Crippen LogP contribution is 2.33. The van der Waals surface area contributed by atoms with E-state index in [4.69, 9.17) is 4.74 Å². The summed E-state index contributed by atoms with van der Waals surface area (Å²) >= 11 is 0. The van der Waals surface area contributed by atoms with Crippen LogP contribution in [0.25, 0.3) is 0 Å². The van der Waals surface area contributed by atoms with Crippen molar-refractivity contribution in [3.05, 3.63) is 0 Å². The Morgan fingerprint density at radius 3 is 2.65 bits per heavy atom. The molecule has 1 aliphatic rings. The number of carbonyl (C=O) groups is 1. The summed E-state index contributed by atoms with van der Waals surface area (Å²) in [5, 5.41) is 9.37. The first-order valence-electron chi connectivity index (χ1n) is 6.28. The maximum Gasteiger partial charge on any atom is 0.323 e. The first kappa shape index (κ1) is 14.5. The molecule has 17 heavy (non-hydrogen) atoms. The molecule has 1 fully saturated rings. The lowest BCUT2D eigenvalue weighted by atomic mass is 9.93. The Balaban J connectivity index is 2.75. The lowest BCUT2D eigenvalue weighted by molar-refractivity contribution is -0.150. The van der Waals surface area contributed by atoms with Crippen molar-refractivity contribution in [2.45, 2.75) is 64.1 Å². The number of hydrogen-bond donors (Lipinski definition) is 1. The molecule has 0 radical (unpaired) electrons. The number of carboxylic acids is 1. The molecular weight excluding hydrogens is 218 g/mol. The Morgan fingerprint density at radius 2 is 2.18 bits per heavy atom. The summed E-state index contributed by atoms with van der Waals surface area (Å²) in [6.45, 7) is 8.87. The van der Waals surface area contributed by atoms with Gasteiger partial charge in [0.15, 0.2) is 0 Å². The summed E-state index contributed by atoms with van der Waals surface area (Å²) in [5.41, 5.74) is -0.912. The molecule has 2 atom stereocenters. The van der Waals surface area contributed by atoms with Gasteiger partial charge < -0.3 is 9.84 Å². The van der Waals surface area contributed by atoms with E-state index in [1.807, 2.05) is 20.8 Å². The predicted molar refractivity (Wildman–Crippen MR) is 67.1 cm³/mol. The summed E-state index contributed by atoms with van der Waals surface area (Å²) in [6.07, 6.45) is 2.53. The van der Waals surface area contributed by atoms with Crippen molar-refractivity contribution in [3.63, 3.8) is 0 Å². The first-order valence-corrected chi connectivity index (χ1v) is 6.28. The highest BCUT2D eigenvalue weighted by atomic mass is 16.5. The second kappa shape index (κ2) is 4.94. The fourth-order valence-electron chi connectivity index (χ4n) is 2.83. The Morgan fingerprint density at radius 1 is 1.59 bits per heavy atom. The normalized spacial score (nSPS) is 28.3. The predicted octanol–water partition coefficient (Wildman–Crippen LogP) is 2.13. The van der Waals surface area contributed by atoms with Gasteiger partial charge in [0, 0.05) is 13.2 Å². The third-order valence-electron chi connectivity index (χ3n) is 4.03. The Labute approximate surface area is 104 Å². The highest BCUT2D eigenvalue weighted by Gasteiger charge is 2.46. The van der Waals surface area contributed by atoms with E-state index in [1.165, 1.54) is 0 Å². The molecule has 2 unspecified atom stereocenters. The Bertz CT molecular complexity index is 290. The smallest absolute Gasteiger partial charge is 0.323 e. The molecule has 1 N–H and O–H groups in total. The van der Waals surface area contributed by atoms with Gasteiger partial charge in [0.1, 0.15) is 5.54 Å². The summed E-state index contributed by atoms with van der Waals surface area (Å²) in [6, 6.07) is 0.216. The van der Waals surface area contributed by atoms with Crippen molar-refractivity contribution >= 4 is 5.97 Å². The van der Waals surface area contributed by atoms with Gasteiger partial charge in [-0.1, -0.05) is 0 Å². The van der Waals surface area contributed by atoms with Crippen LogP contribution in [-0.4, -0.2) is 46.8 Å². The van der Waals surface area contributed by atoms with E-state index in [2.05, 4.69) is 11.8 Å². The number of ether oxygens (including phenoxy) is 1. The van der Waals surface area contributed by atoms with Crippen LogP contribution < -0.4 is 0 Å². The molecule has 0 aliphatic carbocycles. The van der Waals surface area contributed by atoms with E-state index in [0.717, 1.165) is 25.8 Å². The molecule has 0 aromatic carbocycles. The lowest BCUT2D eigenvalue weighted by Crippen LogP contribution is -2.53. The largest absolute Gasteiger partial charge is 0.480 e. The van der Waals surface area contributed by atoms with Crippen LogP contribution in [0.3, 0.4) is 0 Å². The van der Waals surface area contributed by atoms with Gasteiger partial charge in [-0.05, 0) is 53.5 Å². The number of hydrogen-bond acceptors (Lipinski definition) is 3. The Hall–Kier alpha value is -0.610. The van der Waals surface area contributed by atoms with Gasteiger partial charge in [0.25, 0.3) is 0 Å². The van der Waals surface area contributed by atoms with Crippen molar-refractivity contribution in [1.82, 2.24) is 4.90 Å². The molecule has 100 valence electrons. The van der Waals surface area contributed by atoms with Gasteiger partial charge in [-0.3, -0.25) is 9.69 Å². The summed E-state index contributed by atoms with van der Waals surface area (Å²) in [4.78, 5) is 13.5. The molecule has 1 rings (SSSR count). The zero-order chi connectivity index (χ0) is 13.3. The molecule has 1 heterocycles. The number of rotatable bonds is 5. The number of aliphatic carboxylic acids is 1. The average Bonchev–Trinajstić information content (AvgIpc) is 2.61. The van der Waals surface area contributed by atoms with E-state index in [1.54, 1.807) is 7.11 Å². The second-order valence-electron chi connectivity index (χ2n) is 5.89. The van der Waals surface area contributed by atoms with E-state index >= 15 is 0 Å².